The number of aliphatic imine (C=N–C) groups is 4. The van der Waals surface area contributed by atoms with E-state index in [4.69, 9.17) is 38.9 Å². The lowest BCUT2D eigenvalue weighted by Crippen LogP contribution is -2.30. The predicted octanol–water partition coefficient (Wildman–Crippen LogP) is 15.4. The summed E-state index contributed by atoms with van der Waals surface area (Å²) in [6.45, 7) is 23.5. The number of nitrogens with zero attached hydrogens (tertiary/aromatic N) is 4. The third-order valence-electron chi connectivity index (χ3n) is 18.1. The first-order valence-electron chi connectivity index (χ1n) is 30.0. The van der Waals surface area contributed by atoms with Crippen molar-refractivity contribution >= 4 is 71.5 Å². The van der Waals surface area contributed by atoms with E-state index in [1.54, 1.807) is 97.1 Å². The second-order valence-corrected chi connectivity index (χ2v) is 27.8. The highest BCUT2D eigenvalue weighted by Crippen LogP contribution is 2.76. The fraction of sp³-hybridized carbons (Fsp3) is 0.389. The zero-order valence-corrected chi connectivity index (χ0v) is 52.2. The molecule has 88 heavy (non-hydrogen) atoms. The van der Waals surface area contributed by atoms with Crippen LogP contribution in [-0.2, 0) is 40.8 Å². The average molecular weight is 1190 g/mol. The van der Waals surface area contributed by atoms with Gasteiger partial charge in [-0.15, -0.1) is 0 Å². The fourth-order valence-electron chi connectivity index (χ4n) is 13.4. The molecule has 0 amide bonds. The summed E-state index contributed by atoms with van der Waals surface area (Å²) >= 11 is 0. The molecular formula is C72H78N4O12. The predicted molar refractivity (Wildman–Crippen MR) is 340 cm³/mol. The number of phenolic OH excluding ortho intramolecular Hbond substituents is 4. The molecule has 9 bridgehead atoms. The van der Waals surface area contributed by atoms with Crippen molar-refractivity contribution < 1.29 is 58.6 Å². The van der Waals surface area contributed by atoms with Crippen LogP contribution >= 0.6 is 0 Å². The van der Waals surface area contributed by atoms with E-state index in [2.05, 4.69) is 0 Å². The molecule has 16 heteroatoms. The standard InChI is InChI=1S/C72H78N4O12/c1-67(2,3)49-33-45-29-41(61(49)81)37-73-53-17-13-14-18-54(53)74-38-42-30-46(34-50(62(42)82)68(4,5)6)87-59(79)23-27-71(11)28-24-60(80)88-48-32-44-40-76-56-20-16-15-19-55(56)75-39-43-31-47(35-51(63(43)83)69(7,8)9)86-58(78)22-26-70(10,25-21-57(77)85-45)65-66(71)72(65,12)52(36-48)64(44)84/h13-20,29-40,65-66,81-84H,21-28H2,1-12H3. The minimum atomic E-state index is -1.00. The zero-order chi connectivity index (χ0) is 63.5. The molecule has 3 heterocycles. The Bertz CT molecular complexity index is 3930. The van der Waals surface area contributed by atoms with E-state index >= 15 is 0 Å². The van der Waals surface area contributed by atoms with Crippen molar-refractivity contribution in [2.24, 2.45) is 42.6 Å². The number of hydrogen-bond donors (Lipinski definition) is 4. The van der Waals surface area contributed by atoms with Crippen LogP contribution in [0, 0.1) is 22.7 Å². The van der Waals surface area contributed by atoms with Crippen LogP contribution < -0.4 is 18.9 Å². The van der Waals surface area contributed by atoms with Crippen molar-refractivity contribution in [2.45, 2.75) is 156 Å². The van der Waals surface area contributed by atoms with E-state index in [0.717, 1.165) is 0 Å². The van der Waals surface area contributed by atoms with Crippen LogP contribution in [0.5, 0.6) is 46.0 Å². The summed E-state index contributed by atoms with van der Waals surface area (Å²) in [6.07, 6.45) is 6.21. The number of para-hydroxylation sites is 4. The number of fused-ring (bicyclic) bond motifs is 10. The smallest absolute Gasteiger partial charge is 0.311 e. The minimum Gasteiger partial charge on any atom is -0.507 e. The summed E-state index contributed by atoms with van der Waals surface area (Å²) < 4.78 is 24.8. The second-order valence-electron chi connectivity index (χ2n) is 27.8. The quantitative estimate of drug-likeness (QED) is 0.0821. The largest absolute Gasteiger partial charge is 0.507 e. The van der Waals surface area contributed by atoms with Gasteiger partial charge in [-0.25, -0.2) is 0 Å². The van der Waals surface area contributed by atoms with Crippen LogP contribution in [0.25, 0.3) is 0 Å². The van der Waals surface area contributed by atoms with Gasteiger partial charge in [0.15, 0.2) is 0 Å². The highest BCUT2D eigenvalue weighted by atomic mass is 16.5. The first-order valence-corrected chi connectivity index (χ1v) is 30.0. The lowest BCUT2D eigenvalue weighted by molar-refractivity contribution is -0.137. The van der Waals surface area contributed by atoms with Gasteiger partial charge in [-0.2, -0.15) is 0 Å². The van der Waals surface area contributed by atoms with Crippen LogP contribution in [0.1, 0.15) is 179 Å². The van der Waals surface area contributed by atoms with Gasteiger partial charge >= 0.3 is 23.9 Å². The molecule has 5 unspecified atom stereocenters. The third-order valence-corrected chi connectivity index (χ3v) is 18.1. The van der Waals surface area contributed by atoms with E-state index in [-0.39, 0.29) is 114 Å². The Balaban J connectivity index is 1.16. The number of carbonyl (C=O) groups is 4. The van der Waals surface area contributed by atoms with E-state index < -0.39 is 68.2 Å². The van der Waals surface area contributed by atoms with Crippen molar-refractivity contribution in [3.63, 3.8) is 0 Å². The number of rotatable bonds is 0. The van der Waals surface area contributed by atoms with Gasteiger partial charge < -0.3 is 39.4 Å². The van der Waals surface area contributed by atoms with Crippen molar-refractivity contribution in [3.05, 3.63) is 142 Å². The van der Waals surface area contributed by atoms with Crippen molar-refractivity contribution in [2.75, 3.05) is 0 Å². The molecule has 4 N–H and O–H groups in total. The number of carbonyl (C=O) groups excluding carboxylic acids is 4. The summed E-state index contributed by atoms with van der Waals surface area (Å²) in [4.78, 5) is 77.2. The first-order chi connectivity index (χ1) is 41.3. The van der Waals surface area contributed by atoms with Crippen molar-refractivity contribution in [3.8, 4) is 46.0 Å². The Labute approximate surface area is 514 Å². The fourth-order valence-corrected chi connectivity index (χ4v) is 13.4. The van der Waals surface area contributed by atoms with E-state index in [1.807, 2.05) is 83.1 Å². The maximum atomic E-state index is 14.7. The van der Waals surface area contributed by atoms with Gasteiger partial charge in [0.2, 0.25) is 0 Å². The molecule has 0 radical (unpaired) electrons. The first kappa shape index (κ1) is 62.1. The van der Waals surface area contributed by atoms with Crippen LogP contribution in [0.3, 0.4) is 0 Å². The van der Waals surface area contributed by atoms with Crippen molar-refractivity contribution in [1.29, 1.82) is 0 Å². The molecule has 0 saturated heterocycles. The summed E-state index contributed by atoms with van der Waals surface area (Å²) in [5.41, 5.74) is -0.00809. The van der Waals surface area contributed by atoms with E-state index in [0.29, 0.717) is 50.6 Å². The Morgan fingerprint density at radius 1 is 0.386 bits per heavy atom. The normalized spacial score (nSPS) is 22.8. The third kappa shape index (κ3) is 12.7. The summed E-state index contributed by atoms with van der Waals surface area (Å²) in [5.74, 6) is -2.80. The molecule has 0 aromatic heterocycles. The van der Waals surface area contributed by atoms with Crippen LogP contribution in [0.4, 0.5) is 22.7 Å². The van der Waals surface area contributed by atoms with E-state index in [1.165, 1.54) is 24.9 Å². The zero-order valence-electron chi connectivity index (χ0n) is 52.2. The van der Waals surface area contributed by atoms with Crippen LogP contribution in [-0.4, -0.2) is 69.2 Å². The molecule has 0 spiro atoms. The van der Waals surface area contributed by atoms with Gasteiger partial charge in [0.05, 0.1) is 22.7 Å². The van der Waals surface area contributed by atoms with Crippen LogP contribution in [0.15, 0.2) is 117 Å². The lowest BCUT2D eigenvalue weighted by Gasteiger charge is -2.35. The Hall–Kier alpha value is -8.92. The number of ether oxygens (including phenoxy) is 4. The van der Waals surface area contributed by atoms with Gasteiger partial charge in [0.25, 0.3) is 0 Å². The lowest BCUT2D eigenvalue weighted by atomic mass is 9.69. The second kappa shape index (κ2) is 23.3. The Morgan fingerprint density at radius 3 is 0.898 bits per heavy atom. The molecule has 10 rings (SSSR count). The number of hydrogen-bond acceptors (Lipinski definition) is 16. The van der Waals surface area contributed by atoms with Crippen LogP contribution in [0.2, 0.25) is 0 Å². The number of esters is 4. The summed E-state index contributed by atoms with van der Waals surface area (Å²) in [7, 11) is 0. The molecule has 5 atom stereocenters. The molecular weight excluding hydrogens is 1110 g/mol. The molecule has 1 aliphatic carbocycles. The van der Waals surface area contributed by atoms with Gasteiger partial charge in [-0.05, 0) is 137 Å². The number of phenols is 4. The van der Waals surface area contributed by atoms with Gasteiger partial charge in [0.1, 0.15) is 46.0 Å². The molecule has 458 valence electrons. The Kier molecular flexibility index (Phi) is 16.5. The molecule has 6 aromatic rings. The molecule has 3 aliphatic heterocycles. The van der Waals surface area contributed by atoms with E-state index in [9.17, 15) is 39.6 Å². The topological polar surface area (TPSA) is 236 Å². The molecule has 1 saturated carbocycles. The number of benzene rings is 6. The molecule has 6 aromatic carbocycles. The van der Waals surface area contributed by atoms with Gasteiger partial charge in [-0.1, -0.05) is 107 Å². The maximum Gasteiger partial charge on any atom is 0.311 e. The highest BCUT2D eigenvalue weighted by molar-refractivity contribution is 5.93. The molecule has 1 fully saturated rings. The van der Waals surface area contributed by atoms with Crippen molar-refractivity contribution in [1.82, 2.24) is 0 Å². The minimum absolute atomic E-state index is 0.0424. The number of aromatic hydroxyl groups is 4. The van der Waals surface area contributed by atoms with Gasteiger partial charge in [-0.3, -0.25) is 39.1 Å². The molecule has 16 nitrogen and oxygen atoms in total. The Morgan fingerprint density at radius 2 is 0.636 bits per heavy atom. The highest BCUT2D eigenvalue weighted by Gasteiger charge is 2.73. The summed E-state index contributed by atoms with van der Waals surface area (Å²) in [5, 5.41) is 48.2. The average Bonchev–Trinajstić information content (AvgIpc) is 1.52. The summed E-state index contributed by atoms with van der Waals surface area (Å²) in [6, 6.07) is 27.0. The maximum absolute atomic E-state index is 14.7. The molecule has 4 aliphatic rings. The van der Waals surface area contributed by atoms with Gasteiger partial charge in [0, 0.05) is 100 Å². The monoisotopic (exact) mass is 1190 g/mol. The SMILES string of the molecule is CC(C)(C)c1cc2cc(c1O)C=Nc1ccccc1N=Cc1cc(cc(C(C)(C)C)c1O)OC(=O)CCC1(C)CCC(=O)Oc3cc4c(O)c(c3)C3(C)C(C13)C(C)(CCC(=O)O2)CCC(=O)Oc1cc(c(O)c(C(C)(C)C)c1)C=Nc1ccccc1N=C4.